The van der Waals surface area contributed by atoms with E-state index >= 15 is 0 Å². The molecule has 0 amide bonds. The summed E-state index contributed by atoms with van der Waals surface area (Å²) in [6, 6.07) is 7.94. The number of benzene rings is 1. The van der Waals surface area contributed by atoms with Crippen LogP contribution in [-0.2, 0) is 9.53 Å². The van der Waals surface area contributed by atoms with Crippen LogP contribution in [0.4, 0.5) is 0 Å². The monoisotopic (exact) mass is 312 g/mol. The minimum atomic E-state index is 0.0784. The third kappa shape index (κ3) is 3.89. The molecule has 1 heterocycles. The fraction of sp³-hybridized carbons (Fsp3) is 0.308. The van der Waals surface area contributed by atoms with Crippen molar-refractivity contribution in [2.24, 2.45) is 0 Å². The van der Waals surface area contributed by atoms with Gasteiger partial charge in [0.25, 0.3) is 0 Å². The Bertz CT molecular complexity index is 443. The molecule has 0 spiro atoms. The Kier molecular flexibility index (Phi) is 4.68. The van der Waals surface area contributed by atoms with Gasteiger partial charge in [-0.1, -0.05) is 22.0 Å². The molecule has 1 aromatic carbocycles. The van der Waals surface area contributed by atoms with Crippen LogP contribution >= 0.6 is 27.7 Å². The maximum atomic E-state index is 11.8. The molecule has 0 saturated heterocycles. The molecule has 17 heavy (non-hydrogen) atoms. The Hall–Kier alpha value is -0.740. The predicted octanol–water partition coefficient (Wildman–Crippen LogP) is 3.80. The van der Waals surface area contributed by atoms with E-state index in [0.717, 1.165) is 22.2 Å². The van der Waals surface area contributed by atoms with E-state index in [1.165, 1.54) is 11.8 Å². The molecular weight excluding hydrogens is 300 g/mol. The molecule has 0 saturated carbocycles. The van der Waals surface area contributed by atoms with Crippen molar-refractivity contribution in [1.29, 1.82) is 0 Å². The summed E-state index contributed by atoms with van der Waals surface area (Å²) >= 11 is 4.95. The van der Waals surface area contributed by atoms with Crippen molar-refractivity contribution in [3.05, 3.63) is 40.6 Å². The lowest BCUT2D eigenvalue weighted by Gasteiger charge is -2.13. The van der Waals surface area contributed by atoms with Crippen LogP contribution in [0.15, 0.2) is 45.5 Å². The highest BCUT2D eigenvalue weighted by atomic mass is 79.9. The molecule has 0 unspecified atom stereocenters. The van der Waals surface area contributed by atoms with Crippen LogP contribution in [0.25, 0.3) is 0 Å². The van der Waals surface area contributed by atoms with Crippen molar-refractivity contribution >= 4 is 33.5 Å². The van der Waals surface area contributed by atoms with E-state index in [9.17, 15) is 4.79 Å². The lowest BCUT2D eigenvalue weighted by atomic mass is 10.2. The van der Waals surface area contributed by atoms with Gasteiger partial charge in [0.2, 0.25) is 5.78 Å². The van der Waals surface area contributed by atoms with Crippen LogP contribution in [0.3, 0.4) is 0 Å². The van der Waals surface area contributed by atoms with E-state index in [1.54, 1.807) is 0 Å². The topological polar surface area (TPSA) is 26.3 Å². The summed E-state index contributed by atoms with van der Waals surface area (Å²) < 4.78 is 6.37. The quantitative estimate of drug-likeness (QED) is 0.791. The summed E-state index contributed by atoms with van der Waals surface area (Å²) in [5, 5.41) is 0. The first kappa shape index (κ1) is 12.7. The van der Waals surface area contributed by atoms with E-state index in [1.807, 2.05) is 30.3 Å². The van der Waals surface area contributed by atoms with Gasteiger partial charge >= 0.3 is 0 Å². The lowest BCUT2D eigenvalue weighted by Crippen LogP contribution is -2.12. The van der Waals surface area contributed by atoms with Gasteiger partial charge in [-0.15, -0.1) is 11.8 Å². The Morgan fingerprint density at radius 3 is 3.06 bits per heavy atom. The first-order valence-electron chi connectivity index (χ1n) is 5.50. The summed E-state index contributed by atoms with van der Waals surface area (Å²) in [4.78, 5) is 12.9. The maximum absolute atomic E-state index is 11.8. The Morgan fingerprint density at radius 1 is 1.47 bits per heavy atom. The summed E-state index contributed by atoms with van der Waals surface area (Å²) in [5.74, 6) is 1.05. The van der Waals surface area contributed by atoms with Gasteiger partial charge in [-0.2, -0.15) is 0 Å². The van der Waals surface area contributed by atoms with E-state index in [-0.39, 0.29) is 5.78 Å². The standard InChI is InChI=1S/C13H13BrO2S/c14-10-4-3-5-11(8-10)17-9-12(15)13-6-1-2-7-16-13/h3-6,8H,1-2,7,9H2. The number of ketones is 1. The lowest BCUT2D eigenvalue weighted by molar-refractivity contribution is -0.116. The molecule has 0 atom stereocenters. The Balaban J connectivity index is 1.89. The zero-order valence-electron chi connectivity index (χ0n) is 9.32. The van der Waals surface area contributed by atoms with E-state index in [4.69, 9.17) is 4.74 Å². The number of hydrogen-bond acceptors (Lipinski definition) is 3. The van der Waals surface area contributed by atoms with Crippen molar-refractivity contribution in [2.45, 2.75) is 17.7 Å². The van der Waals surface area contributed by atoms with E-state index < -0.39 is 0 Å². The minimum absolute atomic E-state index is 0.0784. The average molecular weight is 313 g/mol. The largest absolute Gasteiger partial charge is 0.490 e. The third-order valence-electron chi connectivity index (χ3n) is 2.38. The Morgan fingerprint density at radius 2 is 2.35 bits per heavy atom. The highest BCUT2D eigenvalue weighted by Gasteiger charge is 2.13. The van der Waals surface area contributed by atoms with Gasteiger partial charge in [-0.05, 0) is 37.1 Å². The number of carbonyl (C=O) groups is 1. The van der Waals surface area contributed by atoms with Gasteiger partial charge in [0.05, 0.1) is 12.4 Å². The number of hydrogen-bond donors (Lipinski definition) is 0. The second-order valence-corrected chi connectivity index (χ2v) is 5.69. The van der Waals surface area contributed by atoms with Crippen LogP contribution in [-0.4, -0.2) is 18.1 Å². The molecule has 1 aliphatic heterocycles. The van der Waals surface area contributed by atoms with Crippen molar-refractivity contribution in [1.82, 2.24) is 0 Å². The SMILES string of the molecule is O=C(CSc1cccc(Br)c1)C1=CCCCO1. The molecule has 1 aromatic rings. The normalized spacial score (nSPS) is 15.0. The molecule has 0 aromatic heterocycles. The van der Waals surface area contributed by atoms with Crippen LogP contribution in [0, 0.1) is 0 Å². The second kappa shape index (κ2) is 6.26. The molecule has 2 nitrogen and oxygen atoms in total. The number of rotatable bonds is 4. The van der Waals surface area contributed by atoms with E-state index in [0.29, 0.717) is 18.1 Å². The third-order valence-corrected chi connectivity index (χ3v) is 3.86. The van der Waals surface area contributed by atoms with Gasteiger partial charge in [0.15, 0.2) is 5.76 Å². The fourth-order valence-corrected chi connectivity index (χ4v) is 2.90. The van der Waals surface area contributed by atoms with Crippen LogP contribution in [0.1, 0.15) is 12.8 Å². The van der Waals surface area contributed by atoms with Gasteiger partial charge in [0.1, 0.15) is 0 Å². The first-order valence-corrected chi connectivity index (χ1v) is 7.28. The van der Waals surface area contributed by atoms with Crippen molar-refractivity contribution in [3.63, 3.8) is 0 Å². The number of Topliss-reactive ketones (excluding diaryl/α,β-unsaturated/α-hetero) is 1. The number of halogens is 1. The molecule has 1 aliphatic rings. The highest BCUT2D eigenvalue weighted by Crippen LogP contribution is 2.23. The molecule has 0 N–H and O–H groups in total. The van der Waals surface area contributed by atoms with Gasteiger partial charge in [0, 0.05) is 9.37 Å². The zero-order valence-corrected chi connectivity index (χ0v) is 11.7. The minimum Gasteiger partial charge on any atom is -0.490 e. The number of carbonyl (C=O) groups excluding carboxylic acids is 1. The van der Waals surface area contributed by atoms with Crippen LogP contribution < -0.4 is 0 Å². The molecular formula is C13H13BrO2S. The highest BCUT2D eigenvalue weighted by molar-refractivity contribution is 9.10. The van der Waals surface area contributed by atoms with Gasteiger partial charge in [-0.3, -0.25) is 4.79 Å². The van der Waals surface area contributed by atoms with E-state index in [2.05, 4.69) is 15.9 Å². The number of ether oxygens (including phenoxy) is 1. The molecule has 0 bridgehead atoms. The van der Waals surface area contributed by atoms with Crippen LogP contribution in [0.5, 0.6) is 0 Å². The molecule has 2 rings (SSSR count). The second-order valence-electron chi connectivity index (χ2n) is 3.73. The summed E-state index contributed by atoms with van der Waals surface area (Å²) in [6.07, 6.45) is 3.85. The smallest absolute Gasteiger partial charge is 0.207 e. The number of allylic oxidation sites excluding steroid dienone is 2. The molecule has 90 valence electrons. The molecule has 0 aliphatic carbocycles. The van der Waals surface area contributed by atoms with Crippen LogP contribution in [0.2, 0.25) is 0 Å². The average Bonchev–Trinajstić information content (AvgIpc) is 2.37. The molecule has 0 fully saturated rings. The Labute approximate surface area is 114 Å². The number of thioether (sulfide) groups is 1. The maximum Gasteiger partial charge on any atom is 0.207 e. The van der Waals surface area contributed by atoms with Crippen molar-refractivity contribution < 1.29 is 9.53 Å². The summed E-state index contributed by atoms with van der Waals surface area (Å²) in [7, 11) is 0. The predicted molar refractivity (Wildman–Crippen MR) is 73.1 cm³/mol. The van der Waals surface area contributed by atoms with Gasteiger partial charge < -0.3 is 4.74 Å². The van der Waals surface area contributed by atoms with Gasteiger partial charge in [-0.25, -0.2) is 0 Å². The fourth-order valence-electron chi connectivity index (χ4n) is 1.53. The van der Waals surface area contributed by atoms with Crippen molar-refractivity contribution in [2.75, 3.05) is 12.4 Å². The summed E-state index contributed by atoms with van der Waals surface area (Å²) in [6.45, 7) is 0.666. The molecule has 4 heteroatoms. The first-order chi connectivity index (χ1) is 8.25. The zero-order chi connectivity index (χ0) is 12.1. The summed E-state index contributed by atoms with van der Waals surface area (Å²) in [5.41, 5.74) is 0. The molecule has 0 radical (unpaired) electrons. The van der Waals surface area contributed by atoms with Crippen molar-refractivity contribution in [3.8, 4) is 0 Å².